The van der Waals surface area contributed by atoms with Gasteiger partial charge in [0, 0.05) is 13.0 Å². The molecule has 0 bridgehead atoms. The van der Waals surface area contributed by atoms with Crippen LogP contribution in [0.3, 0.4) is 0 Å². The Kier molecular flexibility index (Phi) is 5.06. The van der Waals surface area contributed by atoms with Crippen LogP contribution in [0, 0.1) is 0 Å². The lowest BCUT2D eigenvalue weighted by atomic mass is 10.0. The smallest absolute Gasteiger partial charge is 0.277 e. The van der Waals surface area contributed by atoms with Gasteiger partial charge in [-0.15, -0.1) is 5.10 Å². The average molecular weight is 378 g/mol. The molecule has 1 unspecified atom stereocenters. The highest BCUT2D eigenvalue weighted by Gasteiger charge is 2.29. The van der Waals surface area contributed by atoms with E-state index in [0.717, 1.165) is 30.7 Å². The number of ether oxygens (including phenoxy) is 1. The second-order valence-corrected chi connectivity index (χ2v) is 6.90. The molecule has 7 heteroatoms. The molecule has 1 aromatic heterocycles. The summed E-state index contributed by atoms with van der Waals surface area (Å²) in [5.74, 6) is 0.828. The molecule has 0 radical (unpaired) electrons. The molecule has 28 heavy (non-hydrogen) atoms. The number of methoxy groups -OCH3 is 1. The summed E-state index contributed by atoms with van der Waals surface area (Å²) in [5.41, 5.74) is 1.45. The number of benzene rings is 2. The molecule has 0 N–H and O–H groups in total. The summed E-state index contributed by atoms with van der Waals surface area (Å²) in [6.45, 7) is 0.954. The molecule has 0 spiro atoms. The molecule has 3 aromatic rings. The van der Waals surface area contributed by atoms with Crippen LogP contribution in [0.4, 0.5) is 0 Å². The van der Waals surface area contributed by atoms with Crippen LogP contribution in [-0.4, -0.2) is 39.5 Å². The normalized spacial score (nSPS) is 16.5. The summed E-state index contributed by atoms with van der Waals surface area (Å²) in [4.78, 5) is 27.3. The van der Waals surface area contributed by atoms with Gasteiger partial charge in [0.1, 0.15) is 11.3 Å². The summed E-state index contributed by atoms with van der Waals surface area (Å²) in [7, 11) is 1.64. The van der Waals surface area contributed by atoms with Crippen LogP contribution in [0.2, 0.25) is 0 Å². The van der Waals surface area contributed by atoms with Crippen molar-refractivity contribution >= 4 is 16.8 Å². The van der Waals surface area contributed by atoms with E-state index in [1.165, 1.54) is 4.68 Å². The number of likely N-dealkylation sites (tertiary alicyclic amines) is 1. The minimum Gasteiger partial charge on any atom is -0.497 e. The van der Waals surface area contributed by atoms with Crippen molar-refractivity contribution in [3.63, 3.8) is 0 Å². The van der Waals surface area contributed by atoms with E-state index in [4.69, 9.17) is 4.74 Å². The fourth-order valence-corrected chi connectivity index (χ4v) is 3.75. The predicted octanol–water partition coefficient (Wildman–Crippen LogP) is 2.55. The number of carbonyl (C=O) groups is 1. The Morgan fingerprint density at radius 2 is 1.96 bits per heavy atom. The lowest BCUT2D eigenvalue weighted by molar-refractivity contribution is -0.132. The number of hydrogen-bond acceptors (Lipinski definition) is 5. The molecule has 4 rings (SSSR count). The third-order valence-electron chi connectivity index (χ3n) is 5.24. The predicted molar refractivity (Wildman–Crippen MR) is 105 cm³/mol. The zero-order valence-electron chi connectivity index (χ0n) is 15.7. The van der Waals surface area contributed by atoms with Crippen LogP contribution in [0.5, 0.6) is 5.75 Å². The summed E-state index contributed by atoms with van der Waals surface area (Å²) in [5, 5.41) is 8.56. The van der Waals surface area contributed by atoms with Gasteiger partial charge in [-0.2, -0.15) is 0 Å². The number of fused-ring (bicyclic) bond motifs is 1. The van der Waals surface area contributed by atoms with Gasteiger partial charge in [-0.25, -0.2) is 4.68 Å². The van der Waals surface area contributed by atoms with E-state index in [0.29, 0.717) is 10.9 Å². The van der Waals surface area contributed by atoms with Crippen molar-refractivity contribution in [2.45, 2.75) is 31.8 Å². The van der Waals surface area contributed by atoms with Crippen LogP contribution >= 0.6 is 0 Å². The molecule has 2 heterocycles. The summed E-state index contributed by atoms with van der Waals surface area (Å²) >= 11 is 0. The molecule has 1 amide bonds. The molecule has 2 aromatic carbocycles. The van der Waals surface area contributed by atoms with E-state index < -0.39 is 0 Å². The van der Waals surface area contributed by atoms with Gasteiger partial charge in [-0.05, 0) is 42.7 Å². The minimum absolute atomic E-state index is 0.0279. The average Bonchev–Trinajstić information content (AvgIpc) is 3.23. The number of amides is 1. The largest absolute Gasteiger partial charge is 0.497 e. The number of aryl methyl sites for hydroxylation is 1. The fourth-order valence-electron chi connectivity index (χ4n) is 3.75. The molecule has 0 saturated carbocycles. The number of hydrogen-bond donors (Lipinski definition) is 0. The van der Waals surface area contributed by atoms with Crippen LogP contribution in [0.25, 0.3) is 10.9 Å². The maximum Gasteiger partial charge on any atom is 0.277 e. The van der Waals surface area contributed by atoms with Gasteiger partial charge in [0.25, 0.3) is 5.56 Å². The first-order chi connectivity index (χ1) is 13.7. The van der Waals surface area contributed by atoms with E-state index in [1.54, 1.807) is 25.3 Å². The summed E-state index contributed by atoms with van der Waals surface area (Å²) in [6, 6.07) is 15.0. The van der Waals surface area contributed by atoms with Crippen molar-refractivity contribution in [3.05, 3.63) is 64.4 Å². The Hall–Kier alpha value is -3.22. The minimum atomic E-state index is -0.216. The van der Waals surface area contributed by atoms with E-state index >= 15 is 0 Å². The lowest BCUT2D eigenvalue weighted by Crippen LogP contribution is -2.33. The van der Waals surface area contributed by atoms with Gasteiger partial charge in [-0.1, -0.05) is 29.5 Å². The fraction of sp³-hybridized carbons (Fsp3) is 0.333. The monoisotopic (exact) mass is 378 g/mol. The standard InChI is InChI=1S/C21H22N4O3/c1-28-16-10-8-15(9-11-16)19-7-4-13-24(19)20(26)12-14-25-21(27)17-5-2-3-6-18(17)22-23-25/h2-3,5-6,8-11,19H,4,7,12-14H2,1H3. The van der Waals surface area contributed by atoms with Crippen molar-refractivity contribution < 1.29 is 9.53 Å². The van der Waals surface area contributed by atoms with Crippen LogP contribution in [-0.2, 0) is 11.3 Å². The van der Waals surface area contributed by atoms with Crippen LogP contribution < -0.4 is 10.3 Å². The van der Waals surface area contributed by atoms with Crippen LogP contribution in [0.1, 0.15) is 30.9 Å². The molecular formula is C21H22N4O3. The molecule has 7 nitrogen and oxygen atoms in total. The lowest BCUT2D eigenvalue weighted by Gasteiger charge is -2.25. The van der Waals surface area contributed by atoms with E-state index in [9.17, 15) is 9.59 Å². The molecule has 1 fully saturated rings. The number of aromatic nitrogens is 3. The maximum absolute atomic E-state index is 12.8. The van der Waals surface area contributed by atoms with Crippen LogP contribution in [0.15, 0.2) is 53.3 Å². The highest BCUT2D eigenvalue weighted by molar-refractivity contribution is 5.77. The second-order valence-electron chi connectivity index (χ2n) is 6.90. The quantitative estimate of drug-likeness (QED) is 0.682. The summed E-state index contributed by atoms with van der Waals surface area (Å²) < 4.78 is 6.49. The molecule has 1 atom stereocenters. The zero-order chi connectivity index (χ0) is 19.5. The first-order valence-corrected chi connectivity index (χ1v) is 9.43. The summed E-state index contributed by atoms with van der Waals surface area (Å²) in [6.07, 6.45) is 2.13. The first kappa shape index (κ1) is 18.2. The molecular weight excluding hydrogens is 356 g/mol. The first-order valence-electron chi connectivity index (χ1n) is 9.43. The highest BCUT2D eigenvalue weighted by atomic mass is 16.5. The topological polar surface area (TPSA) is 77.3 Å². The van der Waals surface area contributed by atoms with Gasteiger partial charge in [0.15, 0.2) is 0 Å². The Bertz CT molecular complexity index is 1050. The number of carbonyl (C=O) groups excluding carboxylic acids is 1. The second kappa shape index (κ2) is 7.80. The third kappa shape index (κ3) is 3.47. The highest BCUT2D eigenvalue weighted by Crippen LogP contribution is 2.33. The van der Waals surface area contributed by atoms with E-state index in [1.807, 2.05) is 35.2 Å². The van der Waals surface area contributed by atoms with Crippen molar-refractivity contribution in [1.29, 1.82) is 0 Å². The van der Waals surface area contributed by atoms with Crippen molar-refractivity contribution in [1.82, 2.24) is 19.9 Å². The number of nitrogens with zero attached hydrogens (tertiary/aromatic N) is 4. The molecule has 1 saturated heterocycles. The Morgan fingerprint density at radius 3 is 2.75 bits per heavy atom. The molecule has 1 aliphatic heterocycles. The molecule has 1 aliphatic rings. The Morgan fingerprint density at radius 1 is 1.18 bits per heavy atom. The maximum atomic E-state index is 12.8. The van der Waals surface area contributed by atoms with Gasteiger partial charge >= 0.3 is 0 Å². The van der Waals surface area contributed by atoms with Crippen molar-refractivity contribution in [2.24, 2.45) is 0 Å². The third-order valence-corrected chi connectivity index (χ3v) is 5.24. The van der Waals surface area contributed by atoms with Crippen molar-refractivity contribution in [3.8, 4) is 5.75 Å². The Balaban J connectivity index is 1.47. The van der Waals surface area contributed by atoms with Gasteiger partial charge in [0.2, 0.25) is 5.91 Å². The molecule has 0 aliphatic carbocycles. The van der Waals surface area contributed by atoms with Gasteiger partial charge < -0.3 is 9.64 Å². The van der Waals surface area contributed by atoms with Gasteiger partial charge in [-0.3, -0.25) is 9.59 Å². The van der Waals surface area contributed by atoms with E-state index in [2.05, 4.69) is 10.3 Å². The van der Waals surface area contributed by atoms with Gasteiger partial charge in [0.05, 0.1) is 25.1 Å². The van der Waals surface area contributed by atoms with E-state index in [-0.39, 0.29) is 30.5 Å². The zero-order valence-corrected chi connectivity index (χ0v) is 15.7. The van der Waals surface area contributed by atoms with Crippen molar-refractivity contribution in [2.75, 3.05) is 13.7 Å². The SMILES string of the molecule is COc1ccc(C2CCCN2C(=O)CCn2nnc3ccccc3c2=O)cc1. The molecule has 144 valence electrons. The Labute approximate surface area is 162 Å². The number of rotatable bonds is 5.